The summed E-state index contributed by atoms with van der Waals surface area (Å²) in [6.45, 7) is 4.32. The van der Waals surface area contributed by atoms with Gasteiger partial charge in [0.25, 0.3) is 0 Å². The van der Waals surface area contributed by atoms with Gasteiger partial charge >= 0.3 is 0 Å². The summed E-state index contributed by atoms with van der Waals surface area (Å²) < 4.78 is 12.3. The van der Waals surface area contributed by atoms with Crippen molar-refractivity contribution in [2.45, 2.75) is 26.2 Å². The third-order valence-corrected chi connectivity index (χ3v) is 5.19. The number of fused-ring (bicyclic) bond motifs is 1. The van der Waals surface area contributed by atoms with Crippen molar-refractivity contribution in [3.05, 3.63) is 65.4 Å². The molecular formula is C23H23N3O4. The van der Waals surface area contributed by atoms with Gasteiger partial charge < -0.3 is 14.8 Å². The number of ketones is 1. The Morgan fingerprint density at radius 3 is 2.43 bits per heavy atom. The van der Waals surface area contributed by atoms with Crippen LogP contribution >= 0.6 is 0 Å². The van der Waals surface area contributed by atoms with E-state index in [1.165, 1.54) is 0 Å². The Hall–Kier alpha value is -3.61. The molecule has 1 atom stereocenters. The molecule has 2 aromatic carbocycles. The number of nitrogens with one attached hydrogen (secondary N) is 1. The monoisotopic (exact) mass is 405 g/mol. The van der Waals surface area contributed by atoms with Crippen LogP contribution in [0.25, 0.3) is 5.69 Å². The average molecular weight is 405 g/mol. The zero-order chi connectivity index (χ0) is 21.3. The molecule has 0 spiro atoms. The highest BCUT2D eigenvalue weighted by Crippen LogP contribution is 2.38. The topological polar surface area (TPSA) is 82.5 Å². The summed E-state index contributed by atoms with van der Waals surface area (Å²) in [5.74, 6) is 1.08. The van der Waals surface area contributed by atoms with Crippen LogP contribution in [-0.2, 0) is 4.79 Å². The van der Waals surface area contributed by atoms with Crippen LogP contribution in [0.2, 0.25) is 0 Å². The average Bonchev–Trinajstić information content (AvgIpc) is 3.09. The molecule has 0 saturated heterocycles. The number of carbonyl (C=O) groups excluding carboxylic acids is 2. The van der Waals surface area contributed by atoms with Gasteiger partial charge in [0.15, 0.2) is 5.78 Å². The van der Waals surface area contributed by atoms with Gasteiger partial charge in [-0.1, -0.05) is 0 Å². The van der Waals surface area contributed by atoms with Crippen molar-refractivity contribution in [2.75, 3.05) is 19.0 Å². The van der Waals surface area contributed by atoms with Crippen LogP contribution in [0.4, 0.5) is 5.82 Å². The van der Waals surface area contributed by atoms with E-state index in [1.807, 2.05) is 38.1 Å². The van der Waals surface area contributed by atoms with Gasteiger partial charge in [-0.25, -0.2) is 4.68 Å². The third kappa shape index (κ3) is 3.54. The van der Waals surface area contributed by atoms with Crippen molar-refractivity contribution >= 4 is 17.5 Å². The number of aromatic nitrogens is 2. The molecule has 4 rings (SSSR count). The molecule has 1 aliphatic heterocycles. The van der Waals surface area contributed by atoms with Crippen molar-refractivity contribution in [3.8, 4) is 17.2 Å². The lowest BCUT2D eigenvalue weighted by atomic mass is 9.85. The number of nitrogens with zero attached hydrogens (tertiary/aromatic N) is 2. The van der Waals surface area contributed by atoms with Gasteiger partial charge in [-0.2, -0.15) is 5.10 Å². The first-order chi connectivity index (χ1) is 14.5. The lowest BCUT2D eigenvalue weighted by Gasteiger charge is -2.23. The molecule has 1 N–H and O–H groups in total. The highest BCUT2D eigenvalue weighted by Gasteiger charge is 2.36. The molecule has 1 amide bonds. The molecule has 0 fully saturated rings. The number of rotatable bonds is 6. The molecule has 0 saturated carbocycles. The Morgan fingerprint density at radius 2 is 1.80 bits per heavy atom. The van der Waals surface area contributed by atoms with Crippen LogP contribution in [-0.4, -0.2) is 35.2 Å². The normalized spacial score (nSPS) is 15.3. The Balaban J connectivity index is 1.72. The van der Waals surface area contributed by atoms with E-state index in [1.54, 1.807) is 36.1 Å². The molecule has 1 aliphatic rings. The predicted molar refractivity (Wildman–Crippen MR) is 113 cm³/mol. The van der Waals surface area contributed by atoms with Crippen molar-refractivity contribution in [3.63, 3.8) is 0 Å². The first kappa shape index (κ1) is 19.7. The van der Waals surface area contributed by atoms with Crippen LogP contribution in [0, 0.1) is 6.92 Å². The molecule has 7 heteroatoms. The summed E-state index contributed by atoms with van der Waals surface area (Å²) in [6, 6.07) is 14.4. The number of ether oxygens (including phenoxy) is 2. The number of benzene rings is 2. The first-order valence-electron chi connectivity index (χ1n) is 9.82. The van der Waals surface area contributed by atoms with Gasteiger partial charge in [0.05, 0.1) is 31.0 Å². The Labute approximate surface area is 174 Å². The maximum absolute atomic E-state index is 13.3. The fourth-order valence-electron chi connectivity index (χ4n) is 3.76. The minimum absolute atomic E-state index is 0.0915. The second kappa shape index (κ2) is 8.02. The zero-order valence-electron chi connectivity index (χ0n) is 17.1. The summed E-state index contributed by atoms with van der Waals surface area (Å²) in [6.07, 6.45) is 0.0915. The molecule has 3 aromatic rings. The maximum atomic E-state index is 13.3. The molecule has 30 heavy (non-hydrogen) atoms. The van der Waals surface area contributed by atoms with E-state index in [0.717, 1.165) is 17.0 Å². The number of Topliss-reactive ketones (excluding diaryl/α,β-unsaturated/α-hetero) is 1. The van der Waals surface area contributed by atoms with E-state index < -0.39 is 5.92 Å². The van der Waals surface area contributed by atoms with E-state index >= 15 is 0 Å². The van der Waals surface area contributed by atoms with Gasteiger partial charge in [0.2, 0.25) is 5.91 Å². The lowest BCUT2D eigenvalue weighted by Crippen LogP contribution is -2.28. The van der Waals surface area contributed by atoms with Crippen LogP contribution in [0.1, 0.15) is 40.9 Å². The summed E-state index contributed by atoms with van der Waals surface area (Å²) in [7, 11) is 1.60. The molecule has 1 aromatic heterocycles. The second-order valence-electron chi connectivity index (χ2n) is 7.08. The number of aryl methyl sites for hydroxylation is 1. The SMILES string of the molecule is CCOc1ccc(C(=O)C2CC(=O)Nc3c2c(C)nn3-c2ccc(OC)cc2)cc1. The smallest absolute Gasteiger partial charge is 0.226 e. The standard InChI is InChI=1S/C23H23N3O4/c1-4-30-18-9-5-15(6-10-18)22(28)19-13-20(27)24-23-21(19)14(2)25-26(23)16-7-11-17(29-3)12-8-16/h5-12,19H,4,13H2,1-3H3,(H,24,27). The van der Waals surface area contributed by atoms with E-state index in [0.29, 0.717) is 29.4 Å². The van der Waals surface area contributed by atoms with E-state index in [4.69, 9.17) is 9.47 Å². The molecule has 0 bridgehead atoms. The number of hydrogen-bond donors (Lipinski definition) is 1. The van der Waals surface area contributed by atoms with Gasteiger partial charge in [-0.3, -0.25) is 9.59 Å². The molecule has 0 radical (unpaired) electrons. The largest absolute Gasteiger partial charge is 0.497 e. The Kier molecular flexibility index (Phi) is 5.27. The molecular weight excluding hydrogens is 382 g/mol. The van der Waals surface area contributed by atoms with Crippen molar-refractivity contribution in [2.24, 2.45) is 0 Å². The fourth-order valence-corrected chi connectivity index (χ4v) is 3.76. The van der Waals surface area contributed by atoms with E-state index in [9.17, 15) is 9.59 Å². The molecule has 154 valence electrons. The fraction of sp³-hybridized carbons (Fsp3) is 0.261. The van der Waals surface area contributed by atoms with Crippen molar-refractivity contribution < 1.29 is 19.1 Å². The summed E-state index contributed by atoms with van der Waals surface area (Å²) >= 11 is 0. The minimum Gasteiger partial charge on any atom is -0.497 e. The van der Waals surface area contributed by atoms with Crippen LogP contribution in [0.15, 0.2) is 48.5 Å². The number of methoxy groups -OCH3 is 1. The second-order valence-corrected chi connectivity index (χ2v) is 7.08. The summed E-state index contributed by atoms with van der Waals surface area (Å²) in [5.41, 5.74) is 2.78. The van der Waals surface area contributed by atoms with Crippen molar-refractivity contribution in [1.29, 1.82) is 0 Å². The highest BCUT2D eigenvalue weighted by atomic mass is 16.5. The van der Waals surface area contributed by atoms with Crippen LogP contribution in [0.3, 0.4) is 0 Å². The van der Waals surface area contributed by atoms with Crippen LogP contribution in [0.5, 0.6) is 11.5 Å². The number of carbonyl (C=O) groups is 2. The first-order valence-corrected chi connectivity index (χ1v) is 9.82. The maximum Gasteiger partial charge on any atom is 0.226 e. The summed E-state index contributed by atoms with van der Waals surface area (Å²) in [5, 5.41) is 7.50. The van der Waals surface area contributed by atoms with Crippen LogP contribution < -0.4 is 14.8 Å². The van der Waals surface area contributed by atoms with E-state index in [2.05, 4.69) is 10.4 Å². The number of hydrogen-bond acceptors (Lipinski definition) is 5. The summed E-state index contributed by atoms with van der Waals surface area (Å²) in [4.78, 5) is 25.7. The number of anilines is 1. The Morgan fingerprint density at radius 1 is 1.13 bits per heavy atom. The molecule has 2 heterocycles. The van der Waals surface area contributed by atoms with Gasteiger partial charge in [-0.15, -0.1) is 0 Å². The zero-order valence-corrected chi connectivity index (χ0v) is 17.1. The van der Waals surface area contributed by atoms with Gasteiger partial charge in [0, 0.05) is 17.5 Å². The number of amides is 1. The molecule has 7 nitrogen and oxygen atoms in total. The quantitative estimate of drug-likeness (QED) is 0.629. The van der Waals surface area contributed by atoms with E-state index in [-0.39, 0.29) is 18.1 Å². The highest BCUT2D eigenvalue weighted by molar-refractivity contribution is 6.08. The predicted octanol–water partition coefficient (Wildman–Crippen LogP) is 3.90. The van der Waals surface area contributed by atoms with Gasteiger partial charge in [-0.05, 0) is 62.4 Å². The lowest BCUT2D eigenvalue weighted by molar-refractivity contribution is -0.116. The minimum atomic E-state index is -0.585. The molecule has 0 aliphatic carbocycles. The van der Waals surface area contributed by atoms with Gasteiger partial charge in [0.1, 0.15) is 17.3 Å². The van der Waals surface area contributed by atoms with Crippen molar-refractivity contribution in [1.82, 2.24) is 9.78 Å². The molecule has 1 unspecified atom stereocenters. The Bertz CT molecular complexity index is 1080. The third-order valence-electron chi connectivity index (χ3n) is 5.19.